The van der Waals surface area contributed by atoms with E-state index in [1.165, 1.54) is 19.2 Å². The highest BCUT2D eigenvalue weighted by Crippen LogP contribution is 2.36. The van der Waals surface area contributed by atoms with Crippen molar-refractivity contribution >= 4 is 23.4 Å². The molecule has 100 valence electrons. The molecule has 0 saturated carbocycles. The third kappa shape index (κ3) is 2.68. The van der Waals surface area contributed by atoms with Crippen LogP contribution in [0.2, 0.25) is 5.02 Å². The summed E-state index contributed by atoms with van der Waals surface area (Å²) in [5.41, 5.74) is 0.467. The molecule has 0 aliphatic rings. The fraction of sp³-hybridized carbons (Fsp3) is 0.100. The number of carboxylic acid groups (broad SMARTS) is 1. The van der Waals surface area contributed by atoms with Crippen molar-refractivity contribution in [2.24, 2.45) is 0 Å². The van der Waals surface area contributed by atoms with Gasteiger partial charge in [-0.15, -0.1) is 5.10 Å². The Morgan fingerprint density at radius 1 is 1.58 bits per heavy atom. The second-order valence-electron chi connectivity index (χ2n) is 3.38. The van der Waals surface area contributed by atoms with E-state index in [0.29, 0.717) is 5.56 Å². The third-order valence-corrected chi connectivity index (χ3v) is 2.51. The van der Waals surface area contributed by atoms with Crippen molar-refractivity contribution in [2.45, 2.75) is 0 Å². The molecule has 0 unspecified atom stereocenters. The number of hydrogen-bond donors (Lipinski definition) is 3. The van der Waals surface area contributed by atoms with Gasteiger partial charge in [-0.3, -0.25) is 5.32 Å². The van der Waals surface area contributed by atoms with Crippen LogP contribution < -0.4 is 15.8 Å². The lowest BCUT2D eigenvalue weighted by atomic mass is 10.1. The molecule has 19 heavy (non-hydrogen) atoms. The minimum atomic E-state index is -1.26. The summed E-state index contributed by atoms with van der Waals surface area (Å²) < 4.78 is 9.87. The molecule has 1 aromatic heterocycles. The zero-order valence-electron chi connectivity index (χ0n) is 9.56. The number of nitrogens with zero attached hydrogens (tertiary/aromatic N) is 1. The number of hydrogen-bond acceptors (Lipinski definition) is 5. The van der Waals surface area contributed by atoms with Gasteiger partial charge in [-0.25, -0.2) is 14.7 Å². The first-order chi connectivity index (χ1) is 9.01. The molecule has 1 amide bonds. The summed E-state index contributed by atoms with van der Waals surface area (Å²) in [4.78, 5) is 21.5. The van der Waals surface area contributed by atoms with Crippen LogP contribution in [0.25, 0.3) is 11.5 Å². The number of ether oxygens (including phenoxy) is 1. The van der Waals surface area contributed by atoms with Gasteiger partial charge < -0.3 is 14.3 Å². The maximum atomic E-state index is 10.9. The Hall–Kier alpha value is -2.48. The van der Waals surface area contributed by atoms with E-state index in [1.807, 2.05) is 0 Å². The van der Waals surface area contributed by atoms with Crippen molar-refractivity contribution in [1.82, 2.24) is 10.2 Å². The Morgan fingerprint density at radius 2 is 2.32 bits per heavy atom. The molecule has 1 aromatic carbocycles. The number of anilines is 1. The molecule has 8 nitrogen and oxygen atoms in total. The number of benzene rings is 1. The van der Waals surface area contributed by atoms with E-state index in [4.69, 9.17) is 25.9 Å². The molecule has 0 bridgehead atoms. The van der Waals surface area contributed by atoms with Crippen molar-refractivity contribution in [3.8, 4) is 17.2 Å². The van der Waals surface area contributed by atoms with Crippen LogP contribution in [-0.4, -0.2) is 28.5 Å². The minimum Gasteiger partial charge on any atom is -0.496 e. The molecule has 0 fully saturated rings. The molecule has 1 heterocycles. The summed E-state index contributed by atoms with van der Waals surface area (Å²) in [6, 6.07) is 2.74. The molecule has 0 radical (unpaired) electrons. The summed E-state index contributed by atoms with van der Waals surface area (Å²) in [6.07, 6.45) is -1.26. The Balaban J connectivity index is 2.53. The van der Waals surface area contributed by atoms with Crippen LogP contribution in [0, 0.1) is 0 Å². The molecule has 0 spiro atoms. The van der Waals surface area contributed by atoms with Gasteiger partial charge in [0.15, 0.2) is 0 Å². The van der Waals surface area contributed by atoms with Gasteiger partial charge in [-0.1, -0.05) is 11.6 Å². The number of rotatable bonds is 3. The quantitative estimate of drug-likeness (QED) is 0.791. The van der Waals surface area contributed by atoms with Crippen molar-refractivity contribution in [3.05, 3.63) is 27.7 Å². The predicted molar refractivity (Wildman–Crippen MR) is 65.8 cm³/mol. The maximum Gasteiger partial charge on any atom is 0.434 e. The Bertz CT molecular complexity index is 678. The van der Waals surface area contributed by atoms with Crippen LogP contribution in [0.4, 0.5) is 10.5 Å². The largest absolute Gasteiger partial charge is 0.496 e. The highest BCUT2D eigenvalue weighted by atomic mass is 35.5. The van der Waals surface area contributed by atoms with Gasteiger partial charge in [0.1, 0.15) is 5.75 Å². The normalized spacial score (nSPS) is 10.2. The number of aromatic amines is 1. The SMILES string of the molecule is COc1cc(NC(=O)O)c(Cl)cc1-c1n[nH]c(=O)o1. The summed E-state index contributed by atoms with van der Waals surface area (Å²) in [6.45, 7) is 0. The van der Waals surface area contributed by atoms with Crippen molar-refractivity contribution in [1.29, 1.82) is 0 Å². The van der Waals surface area contributed by atoms with Crippen molar-refractivity contribution in [2.75, 3.05) is 12.4 Å². The predicted octanol–water partition coefficient (Wildman–Crippen LogP) is 1.78. The van der Waals surface area contributed by atoms with Crippen LogP contribution in [0.15, 0.2) is 21.3 Å². The molecule has 0 aliphatic carbocycles. The van der Waals surface area contributed by atoms with Gasteiger partial charge in [0.05, 0.1) is 23.4 Å². The number of aromatic nitrogens is 2. The first-order valence-electron chi connectivity index (χ1n) is 4.94. The monoisotopic (exact) mass is 285 g/mol. The average Bonchev–Trinajstić information content (AvgIpc) is 2.77. The summed E-state index contributed by atoms with van der Waals surface area (Å²) in [5.74, 6) is -0.477. The molecular formula is C10H8ClN3O5. The molecule has 0 saturated heterocycles. The van der Waals surface area contributed by atoms with Gasteiger partial charge in [0.25, 0.3) is 5.89 Å². The number of carbonyl (C=O) groups is 1. The zero-order valence-corrected chi connectivity index (χ0v) is 10.3. The number of methoxy groups -OCH3 is 1. The number of amides is 1. The Kier molecular flexibility index (Phi) is 3.43. The number of H-pyrrole nitrogens is 1. The van der Waals surface area contributed by atoms with Crippen LogP contribution >= 0.6 is 11.6 Å². The lowest BCUT2D eigenvalue weighted by molar-refractivity contribution is 0.209. The van der Waals surface area contributed by atoms with Crippen molar-refractivity contribution in [3.63, 3.8) is 0 Å². The molecular weight excluding hydrogens is 278 g/mol. The first-order valence-corrected chi connectivity index (χ1v) is 5.32. The molecule has 0 aliphatic heterocycles. The van der Waals surface area contributed by atoms with Crippen LogP contribution in [0.3, 0.4) is 0 Å². The highest BCUT2D eigenvalue weighted by Gasteiger charge is 2.16. The second kappa shape index (κ2) is 5.02. The molecule has 3 N–H and O–H groups in total. The van der Waals surface area contributed by atoms with E-state index in [1.54, 1.807) is 0 Å². The third-order valence-electron chi connectivity index (χ3n) is 2.20. The number of halogens is 1. The zero-order chi connectivity index (χ0) is 14.0. The van der Waals surface area contributed by atoms with Gasteiger partial charge in [0.2, 0.25) is 0 Å². The van der Waals surface area contributed by atoms with E-state index in [2.05, 4.69) is 15.5 Å². The summed E-state index contributed by atoms with van der Waals surface area (Å²) in [7, 11) is 1.38. The van der Waals surface area contributed by atoms with Gasteiger partial charge in [0, 0.05) is 6.07 Å². The van der Waals surface area contributed by atoms with E-state index in [-0.39, 0.29) is 22.4 Å². The first kappa shape index (κ1) is 13.0. The van der Waals surface area contributed by atoms with E-state index in [0.717, 1.165) is 0 Å². The number of nitrogens with one attached hydrogen (secondary N) is 2. The average molecular weight is 286 g/mol. The van der Waals surface area contributed by atoms with E-state index >= 15 is 0 Å². The minimum absolute atomic E-state index is 0.00868. The van der Waals surface area contributed by atoms with Crippen LogP contribution in [0.5, 0.6) is 5.75 Å². The lowest BCUT2D eigenvalue weighted by Crippen LogP contribution is -2.08. The summed E-state index contributed by atoms with van der Waals surface area (Å²) >= 11 is 5.92. The second-order valence-corrected chi connectivity index (χ2v) is 3.79. The summed E-state index contributed by atoms with van der Waals surface area (Å²) in [5, 5.41) is 16.6. The standard InChI is InChI=1S/C10H8ClN3O5/c1-18-7-3-6(12-9(15)16)5(11)2-4(7)8-13-14-10(17)19-8/h2-3,12H,1H3,(H,14,17)(H,15,16). The lowest BCUT2D eigenvalue weighted by Gasteiger charge is -2.10. The highest BCUT2D eigenvalue weighted by molar-refractivity contribution is 6.34. The van der Waals surface area contributed by atoms with Crippen LogP contribution in [-0.2, 0) is 0 Å². The topological polar surface area (TPSA) is 117 Å². The molecule has 0 atom stereocenters. The van der Waals surface area contributed by atoms with Gasteiger partial charge >= 0.3 is 11.8 Å². The Morgan fingerprint density at radius 3 is 2.84 bits per heavy atom. The fourth-order valence-electron chi connectivity index (χ4n) is 1.45. The van der Waals surface area contributed by atoms with Crippen LogP contribution in [0.1, 0.15) is 0 Å². The van der Waals surface area contributed by atoms with E-state index in [9.17, 15) is 9.59 Å². The van der Waals surface area contributed by atoms with Gasteiger partial charge in [-0.2, -0.15) is 0 Å². The molecule has 2 rings (SSSR count). The fourth-order valence-corrected chi connectivity index (χ4v) is 1.66. The van der Waals surface area contributed by atoms with E-state index < -0.39 is 11.8 Å². The smallest absolute Gasteiger partial charge is 0.434 e. The Labute approximate surface area is 111 Å². The van der Waals surface area contributed by atoms with Gasteiger partial charge in [-0.05, 0) is 6.07 Å². The van der Waals surface area contributed by atoms with Crippen molar-refractivity contribution < 1.29 is 19.1 Å². The molecule has 2 aromatic rings. The maximum absolute atomic E-state index is 10.9. The molecule has 9 heteroatoms.